The van der Waals surface area contributed by atoms with Crippen LogP contribution in [0.15, 0.2) is 18.2 Å². The Bertz CT molecular complexity index is 318. The van der Waals surface area contributed by atoms with Crippen molar-refractivity contribution in [3.63, 3.8) is 0 Å². The lowest BCUT2D eigenvalue weighted by Gasteiger charge is -2.12. The molecule has 0 radical (unpaired) electrons. The van der Waals surface area contributed by atoms with Crippen LogP contribution in [-0.4, -0.2) is 12.6 Å². The molecule has 0 aromatic heterocycles. The zero-order valence-electron chi connectivity index (χ0n) is 8.84. The van der Waals surface area contributed by atoms with E-state index in [4.69, 9.17) is 4.74 Å². The van der Waals surface area contributed by atoms with Crippen LogP contribution in [-0.2, 0) is 0 Å². The molecule has 0 saturated heterocycles. The van der Waals surface area contributed by atoms with Gasteiger partial charge in [-0.25, -0.2) is 0 Å². The molecule has 1 aromatic carbocycles. The Morgan fingerprint density at radius 1 is 1.43 bits per heavy atom. The second-order valence-electron chi connectivity index (χ2n) is 3.85. The highest BCUT2D eigenvalue weighted by atomic mass is 16.5. The summed E-state index contributed by atoms with van der Waals surface area (Å²) in [6, 6.07) is 7.00. The van der Waals surface area contributed by atoms with E-state index in [0.29, 0.717) is 6.04 Å². The highest BCUT2D eigenvalue weighted by Gasteiger charge is 2.22. The largest absolute Gasteiger partial charge is 0.492 e. The van der Waals surface area contributed by atoms with Gasteiger partial charge in [0.2, 0.25) is 0 Å². The summed E-state index contributed by atoms with van der Waals surface area (Å²) in [5, 5.41) is 3.47. The Hall–Kier alpha value is -1.18. The van der Waals surface area contributed by atoms with E-state index in [-0.39, 0.29) is 0 Å². The normalized spacial score (nSPS) is 15.3. The molecule has 0 unspecified atom stereocenters. The van der Waals surface area contributed by atoms with Gasteiger partial charge in [-0.2, -0.15) is 0 Å². The molecular weight excluding hydrogens is 174 g/mol. The van der Waals surface area contributed by atoms with Gasteiger partial charge in [-0.15, -0.1) is 0 Å². The van der Waals surface area contributed by atoms with Crippen molar-refractivity contribution in [1.29, 1.82) is 0 Å². The Kier molecular flexibility index (Phi) is 2.62. The average Bonchev–Trinajstić information content (AvgIpc) is 2.94. The van der Waals surface area contributed by atoms with Crippen LogP contribution in [0.4, 0.5) is 5.69 Å². The van der Waals surface area contributed by atoms with Gasteiger partial charge in [-0.3, -0.25) is 0 Å². The predicted octanol–water partition coefficient (Wildman–Crippen LogP) is 2.97. The van der Waals surface area contributed by atoms with Gasteiger partial charge in [-0.05, 0) is 44.4 Å². The molecular formula is C12H17NO. The molecule has 2 nitrogen and oxygen atoms in total. The third kappa shape index (κ3) is 2.19. The molecule has 1 aliphatic rings. The summed E-state index contributed by atoms with van der Waals surface area (Å²) in [6.07, 6.45) is 2.58. The molecule has 1 aromatic rings. The van der Waals surface area contributed by atoms with Crippen molar-refractivity contribution in [2.45, 2.75) is 32.7 Å². The van der Waals surface area contributed by atoms with Crippen LogP contribution in [0.5, 0.6) is 5.75 Å². The lowest BCUT2D eigenvalue weighted by Crippen LogP contribution is -2.04. The van der Waals surface area contributed by atoms with E-state index in [1.165, 1.54) is 18.4 Å². The molecule has 14 heavy (non-hydrogen) atoms. The zero-order chi connectivity index (χ0) is 9.97. The van der Waals surface area contributed by atoms with E-state index in [1.807, 2.05) is 6.92 Å². The first-order valence-corrected chi connectivity index (χ1v) is 5.29. The van der Waals surface area contributed by atoms with Crippen molar-refractivity contribution in [1.82, 2.24) is 0 Å². The van der Waals surface area contributed by atoms with Gasteiger partial charge in [0.25, 0.3) is 0 Å². The molecule has 1 saturated carbocycles. The summed E-state index contributed by atoms with van der Waals surface area (Å²) in [5.41, 5.74) is 2.38. The van der Waals surface area contributed by atoms with E-state index in [9.17, 15) is 0 Å². The lowest BCUT2D eigenvalue weighted by atomic mass is 10.2. The first kappa shape index (κ1) is 9.38. The smallest absolute Gasteiger partial charge is 0.142 e. The van der Waals surface area contributed by atoms with E-state index >= 15 is 0 Å². The van der Waals surface area contributed by atoms with Gasteiger partial charge in [-0.1, -0.05) is 6.07 Å². The van der Waals surface area contributed by atoms with Crippen LogP contribution in [0.3, 0.4) is 0 Å². The first-order valence-electron chi connectivity index (χ1n) is 5.29. The predicted molar refractivity (Wildman–Crippen MR) is 59.0 cm³/mol. The molecule has 2 rings (SSSR count). The van der Waals surface area contributed by atoms with E-state index in [2.05, 4.69) is 30.4 Å². The summed E-state index contributed by atoms with van der Waals surface area (Å²) in [6.45, 7) is 4.83. The monoisotopic (exact) mass is 191 g/mol. The molecule has 2 heteroatoms. The molecule has 0 spiro atoms. The Morgan fingerprint density at radius 3 is 2.86 bits per heavy atom. The lowest BCUT2D eigenvalue weighted by molar-refractivity contribution is 0.341. The maximum atomic E-state index is 5.58. The standard InChI is InChI=1S/C12H17NO/c1-3-14-12-8-9(2)4-7-11(12)13-10-5-6-10/h4,7-8,10,13H,3,5-6H2,1-2H3. The molecule has 1 aliphatic carbocycles. The minimum atomic E-state index is 0.678. The second-order valence-corrected chi connectivity index (χ2v) is 3.85. The third-order valence-corrected chi connectivity index (χ3v) is 2.37. The Balaban J connectivity index is 2.17. The number of hydrogen-bond donors (Lipinski definition) is 1. The minimum absolute atomic E-state index is 0.678. The van der Waals surface area contributed by atoms with Gasteiger partial charge < -0.3 is 10.1 Å². The molecule has 0 heterocycles. The van der Waals surface area contributed by atoms with E-state index in [1.54, 1.807) is 0 Å². The summed E-state index contributed by atoms with van der Waals surface area (Å²) in [5.74, 6) is 0.986. The molecule has 0 amide bonds. The van der Waals surface area contributed by atoms with Gasteiger partial charge in [0, 0.05) is 6.04 Å². The quantitative estimate of drug-likeness (QED) is 0.790. The van der Waals surface area contributed by atoms with Crippen LogP contribution in [0.25, 0.3) is 0 Å². The maximum absolute atomic E-state index is 5.58. The second kappa shape index (κ2) is 3.91. The summed E-state index contributed by atoms with van der Waals surface area (Å²) >= 11 is 0. The van der Waals surface area contributed by atoms with Crippen molar-refractivity contribution in [3.05, 3.63) is 23.8 Å². The van der Waals surface area contributed by atoms with Crippen LogP contribution < -0.4 is 10.1 Å². The van der Waals surface area contributed by atoms with Crippen LogP contribution in [0, 0.1) is 6.92 Å². The highest BCUT2D eigenvalue weighted by Crippen LogP contribution is 2.31. The fourth-order valence-corrected chi connectivity index (χ4v) is 1.47. The van der Waals surface area contributed by atoms with Gasteiger partial charge in [0.05, 0.1) is 12.3 Å². The molecule has 0 bridgehead atoms. The van der Waals surface area contributed by atoms with Crippen molar-refractivity contribution >= 4 is 5.69 Å². The fourth-order valence-electron chi connectivity index (χ4n) is 1.47. The number of aryl methyl sites for hydroxylation is 1. The van der Waals surface area contributed by atoms with Crippen molar-refractivity contribution in [3.8, 4) is 5.75 Å². The number of benzene rings is 1. The van der Waals surface area contributed by atoms with Crippen molar-refractivity contribution < 1.29 is 4.74 Å². The first-order chi connectivity index (χ1) is 6.79. The average molecular weight is 191 g/mol. The fraction of sp³-hybridized carbons (Fsp3) is 0.500. The molecule has 1 N–H and O–H groups in total. The maximum Gasteiger partial charge on any atom is 0.142 e. The van der Waals surface area contributed by atoms with Crippen molar-refractivity contribution in [2.75, 3.05) is 11.9 Å². The number of nitrogens with one attached hydrogen (secondary N) is 1. The topological polar surface area (TPSA) is 21.3 Å². The van der Waals surface area contributed by atoms with Gasteiger partial charge in [0.15, 0.2) is 0 Å². The molecule has 76 valence electrons. The van der Waals surface area contributed by atoms with Gasteiger partial charge >= 0.3 is 0 Å². The summed E-state index contributed by atoms with van der Waals surface area (Å²) in [4.78, 5) is 0. The summed E-state index contributed by atoms with van der Waals surface area (Å²) < 4.78 is 5.58. The van der Waals surface area contributed by atoms with Gasteiger partial charge in [0.1, 0.15) is 5.75 Å². The van der Waals surface area contributed by atoms with E-state index in [0.717, 1.165) is 18.0 Å². The highest BCUT2D eigenvalue weighted by molar-refractivity contribution is 5.58. The van der Waals surface area contributed by atoms with Crippen LogP contribution in [0.2, 0.25) is 0 Å². The van der Waals surface area contributed by atoms with Crippen LogP contribution >= 0.6 is 0 Å². The Morgan fingerprint density at radius 2 is 2.21 bits per heavy atom. The van der Waals surface area contributed by atoms with Crippen LogP contribution in [0.1, 0.15) is 25.3 Å². The molecule has 0 aliphatic heterocycles. The third-order valence-electron chi connectivity index (χ3n) is 2.37. The number of rotatable bonds is 4. The Labute approximate surface area is 85.3 Å². The number of ether oxygens (including phenoxy) is 1. The molecule has 1 fully saturated rings. The minimum Gasteiger partial charge on any atom is -0.492 e. The van der Waals surface area contributed by atoms with Crippen molar-refractivity contribution in [2.24, 2.45) is 0 Å². The summed E-state index contributed by atoms with van der Waals surface area (Å²) in [7, 11) is 0. The molecule has 0 atom stereocenters. The van der Waals surface area contributed by atoms with E-state index < -0.39 is 0 Å². The SMILES string of the molecule is CCOc1cc(C)ccc1NC1CC1. The zero-order valence-corrected chi connectivity index (χ0v) is 8.84. The number of hydrogen-bond acceptors (Lipinski definition) is 2. The number of anilines is 1.